The normalized spacial score (nSPS) is 19.8. The maximum Gasteiger partial charge on any atom is 0.231 e. The second kappa shape index (κ2) is 8.90. The van der Waals surface area contributed by atoms with Gasteiger partial charge < -0.3 is 14.7 Å². The van der Waals surface area contributed by atoms with Crippen molar-refractivity contribution in [1.29, 1.82) is 0 Å². The second-order valence-electron chi connectivity index (χ2n) is 8.68. The number of hydrogen-bond donors (Lipinski definition) is 0. The zero-order valence-corrected chi connectivity index (χ0v) is 18.8. The molecular weight excluding hydrogens is 398 g/mol. The first-order chi connectivity index (χ1) is 14.4. The Morgan fingerprint density at radius 1 is 1.17 bits per heavy atom. The zero-order valence-electron chi connectivity index (χ0n) is 18.0. The summed E-state index contributed by atoms with van der Waals surface area (Å²) in [6.45, 7) is 5.97. The van der Waals surface area contributed by atoms with Crippen molar-refractivity contribution in [3.05, 3.63) is 52.4 Å². The average molecular weight is 428 g/mol. The Morgan fingerprint density at radius 2 is 1.87 bits per heavy atom. The summed E-state index contributed by atoms with van der Waals surface area (Å²) in [6.07, 6.45) is 3.88. The van der Waals surface area contributed by atoms with Crippen LogP contribution >= 0.6 is 11.6 Å². The SMILES string of the molecule is CC1CCc2ncnc(N3CCN(C(=O)C(CN(C)C)c4ccc(Cl)cc4)CC3)c21. The number of fused-ring (bicyclic) bond motifs is 1. The van der Waals surface area contributed by atoms with Crippen LogP contribution in [0.15, 0.2) is 30.6 Å². The topological polar surface area (TPSA) is 52.6 Å². The van der Waals surface area contributed by atoms with E-state index >= 15 is 0 Å². The van der Waals surface area contributed by atoms with Gasteiger partial charge >= 0.3 is 0 Å². The van der Waals surface area contributed by atoms with Crippen molar-refractivity contribution in [2.24, 2.45) is 0 Å². The summed E-state index contributed by atoms with van der Waals surface area (Å²) in [5.41, 5.74) is 3.52. The highest BCUT2D eigenvalue weighted by Gasteiger charge is 2.32. The van der Waals surface area contributed by atoms with Gasteiger partial charge in [-0.3, -0.25) is 4.79 Å². The summed E-state index contributed by atoms with van der Waals surface area (Å²) < 4.78 is 0. The summed E-state index contributed by atoms with van der Waals surface area (Å²) in [5.74, 6) is 1.57. The lowest BCUT2D eigenvalue weighted by atomic mass is 9.96. The molecule has 0 spiro atoms. The van der Waals surface area contributed by atoms with E-state index in [1.807, 2.05) is 43.3 Å². The van der Waals surface area contributed by atoms with Crippen LogP contribution in [0.25, 0.3) is 0 Å². The smallest absolute Gasteiger partial charge is 0.231 e. The molecule has 1 fully saturated rings. The summed E-state index contributed by atoms with van der Waals surface area (Å²) >= 11 is 6.05. The van der Waals surface area contributed by atoms with E-state index in [2.05, 4.69) is 26.7 Å². The third-order valence-electron chi connectivity index (χ3n) is 6.26. The molecule has 2 atom stereocenters. The number of anilines is 1. The number of hydrogen-bond acceptors (Lipinski definition) is 5. The van der Waals surface area contributed by atoms with Gasteiger partial charge in [-0.1, -0.05) is 30.7 Å². The standard InChI is InChI=1S/C23H30ClN5O/c1-16-4-9-20-21(16)22(26-15-25-20)28-10-12-29(13-11-28)23(30)19(14-27(2)3)17-5-7-18(24)8-6-17/h5-8,15-16,19H,4,9-14H2,1-3H3. The van der Waals surface area contributed by atoms with Crippen molar-refractivity contribution in [3.63, 3.8) is 0 Å². The first-order valence-corrected chi connectivity index (χ1v) is 11.1. The lowest BCUT2D eigenvalue weighted by Crippen LogP contribution is -2.51. The minimum absolute atomic E-state index is 0.187. The highest BCUT2D eigenvalue weighted by molar-refractivity contribution is 6.30. The van der Waals surface area contributed by atoms with Gasteiger partial charge in [-0.25, -0.2) is 9.97 Å². The van der Waals surface area contributed by atoms with Gasteiger partial charge in [0.25, 0.3) is 0 Å². The Labute approximate surface area is 183 Å². The molecule has 2 unspecified atom stereocenters. The van der Waals surface area contributed by atoms with Crippen LogP contribution in [0.2, 0.25) is 5.02 Å². The largest absolute Gasteiger partial charge is 0.353 e. The molecule has 0 radical (unpaired) electrons. The fraction of sp³-hybridized carbons (Fsp3) is 0.522. The fourth-order valence-corrected chi connectivity index (χ4v) is 4.75. The van der Waals surface area contributed by atoms with Crippen LogP contribution in [0.1, 0.15) is 42.0 Å². The Hall–Kier alpha value is -2.18. The summed E-state index contributed by atoms with van der Waals surface area (Å²) in [7, 11) is 4.01. The number of aromatic nitrogens is 2. The van der Waals surface area contributed by atoms with E-state index in [0.29, 0.717) is 30.6 Å². The maximum atomic E-state index is 13.4. The molecule has 1 amide bonds. The van der Waals surface area contributed by atoms with Gasteiger partial charge in [-0.05, 0) is 50.6 Å². The van der Waals surface area contributed by atoms with Crippen molar-refractivity contribution in [2.75, 3.05) is 51.7 Å². The van der Waals surface area contributed by atoms with E-state index in [9.17, 15) is 4.79 Å². The molecule has 30 heavy (non-hydrogen) atoms. The molecule has 2 aromatic rings. The molecule has 1 aromatic carbocycles. The number of nitrogens with zero attached hydrogens (tertiary/aromatic N) is 5. The number of halogens is 1. The third-order valence-corrected chi connectivity index (χ3v) is 6.51. The van der Waals surface area contributed by atoms with Crippen LogP contribution in [0.4, 0.5) is 5.82 Å². The van der Waals surface area contributed by atoms with Crippen molar-refractivity contribution in [1.82, 2.24) is 19.8 Å². The van der Waals surface area contributed by atoms with Crippen LogP contribution in [-0.2, 0) is 11.2 Å². The van der Waals surface area contributed by atoms with E-state index in [1.165, 1.54) is 11.3 Å². The van der Waals surface area contributed by atoms with E-state index in [1.54, 1.807) is 6.33 Å². The molecule has 2 aliphatic rings. The lowest BCUT2D eigenvalue weighted by Gasteiger charge is -2.38. The number of benzene rings is 1. The van der Waals surface area contributed by atoms with Crippen LogP contribution in [-0.4, -0.2) is 72.5 Å². The van der Waals surface area contributed by atoms with Crippen LogP contribution in [0.5, 0.6) is 0 Å². The average Bonchev–Trinajstić information content (AvgIpc) is 3.13. The fourth-order valence-electron chi connectivity index (χ4n) is 4.62. The number of rotatable bonds is 5. The summed E-state index contributed by atoms with van der Waals surface area (Å²) in [6, 6.07) is 7.66. The molecular formula is C23H30ClN5O. The minimum Gasteiger partial charge on any atom is -0.353 e. The van der Waals surface area contributed by atoms with Crippen LogP contribution in [0.3, 0.4) is 0 Å². The molecule has 160 valence electrons. The number of amides is 1. The number of likely N-dealkylation sites (N-methyl/N-ethyl adjacent to an activating group) is 1. The second-order valence-corrected chi connectivity index (χ2v) is 9.11. The van der Waals surface area contributed by atoms with Gasteiger partial charge in [0.1, 0.15) is 12.1 Å². The number of piperazine rings is 1. The van der Waals surface area contributed by atoms with Gasteiger partial charge in [0.2, 0.25) is 5.91 Å². The molecule has 1 aliphatic carbocycles. The third kappa shape index (κ3) is 4.30. The van der Waals surface area contributed by atoms with E-state index in [-0.39, 0.29) is 11.8 Å². The van der Waals surface area contributed by atoms with E-state index in [0.717, 1.165) is 37.3 Å². The van der Waals surface area contributed by atoms with Crippen molar-refractivity contribution < 1.29 is 4.79 Å². The summed E-state index contributed by atoms with van der Waals surface area (Å²) in [5, 5.41) is 0.690. The van der Waals surface area contributed by atoms with E-state index in [4.69, 9.17) is 11.6 Å². The number of carbonyl (C=O) groups excluding carboxylic acids is 1. The van der Waals surface area contributed by atoms with Gasteiger partial charge in [0, 0.05) is 49.0 Å². The van der Waals surface area contributed by atoms with Crippen LogP contribution in [0, 0.1) is 0 Å². The van der Waals surface area contributed by atoms with Crippen molar-refractivity contribution in [3.8, 4) is 0 Å². The molecule has 1 saturated heterocycles. The highest BCUT2D eigenvalue weighted by Crippen LogP contribution is 2.37. The monoisotopic (exact) mass is 427 g/mol. The molecule has 6 nitrogen and oxygen atoms in total. The predicted molar refractivity (Wildman–Crippen MR) is 120 cm³/mol. The number of aryl methyl sites for hydroxylation is 1. The lowest BCUT2D eigenvalue weighted by molar-refractivity contribution is -0.133. The first-order valence-electron chi connectivity index (χ1n) is 10.7. The minimum atomic E-state index is -0.188. The molecule has 0 saturated carbocycles. The van der Waals surface area contributed by atoms with Gasteiger partial charge in [-0.15, -0.1) is 0 Å². The molecule has 7 heteroatoms. The summed E-state index contributed by atoms with van der Waals surface area (Å²) in [4.78, 5) is 28.9. The Bertz CT molecular complexity index is 893. The molecule has 0 N–H and O–H groups in total. The first kappa shape index (κ1) is 21.1. The number of carbonyl (C=O) groups is 1. The Kier molecular flexibility index (Phi) is 6.25. The van der Waals surface area contributed by atoms with Gasteiger partial charge in [0.15, 0.2) is 0 Å². The zero-order chi connectivity index (χ0) is 21.3. The maximum absolute atomic E-state index is 13.4. The molecule has 2 heterocycles. The van der Waals surface area contributed by atoms with Gasteiger partial charge in [0.05, 0.1) is 5.92 Å². The van der Waals surface area contributed by atoms with Crippen LogP contribution < -0.4 is 4.90 Å². The quantitative estimate of drug-likeness (QED) is 0.733. The predicted octanol–water partition coefficient (Wildman–Crippen LogP) is 3.17. The van der Waals surface area contributed by atoms with Crippen molar-refractivity contribution >= 4 is 23.3 Å². The van der Waals surface area contributed by atoms with E-state index < -0.39 is 0 Å². The highest BCUT2D eigenvalue weighted by atomic mass is 35.5. The molecule has 4 rings (SSSR count). The Balaban J connectivity index is 1.47. The van der Waals surface area contributed by atoms with Gasteiger partial charge in [-0.2, -0.15) is 0 Å². The molecule has 1 aromatic heterocycles. The Morgan fingerprint density at radius 3 is 2.53 bits per heavy atom. The molecule has 1 aliphatic heterocycles. The molecule has 0 bridgehead atoms. The van der Waals surface area contributed by atoms with Crippen molar-refractivity contribution in [2.45, 2.75) is 31.6 Å².